The second kappa shape index (κ2) is 15.1. The fourth-order valence-corrected chi connectivity index (χ4v) is 3.80. The third kappa shape index (κ3) is 8.79. The Balaban J connectivity index is 0.00000153. The molecule has 1 unspecified atom stereocenters. The summed E-state index contributed by atoms with van der Waals surface area (Å²) in [5.74, 6) is 1.77. The summed E-state index contributed by atoms with van der Waals surface area (Å²) >= 11 is 0. The van der Waals surface area contributed by atoms with Gasteiger partial charge in [0.2, 0.25) is 5.91 Å². The maximum Gasteiger partial charge on any atom is 0.246 e. The molecule has 1 aliphatic rings. The van der Waals surface area contributed by atoms with E-state index in [4.69, 9.17) is 20.9 Å². The molecule has 1 aliphatic heterocycles. The number of aliphatic imine (C=N–C) groups is 1. The van der Waals surface area contributed by atoms with Crippen LogP contribution >= 0.6 is 0 Å². The van der Waals surface area contributed by atoms with Crippen molar-refractivity contribution < 1.29 is 9.53 Å². The van der Waals surface area contributed by atoms with Gasteiger partial charge in [-0.15, -0.1) is 0 Å². The van der Waals surface area contributed by atoms with Crippen molar-refractivity contribution in [1.29, 1.82) is 5.41 Å². The first-order chi connectivity index (χ1) is 17.8. The number of nitrogens with one attached hydrogen (secondary N) is 2. The maximum absolute atomic E-state index is 12.1. The highest BCUT2D eigenvalue weighted by Gasteiger charge is 2.24. The van der Waals surface area contributed by atoms with E-state index < -0.39 is 0 Å². The van der Waals surface area contributed by atoms with Gasteiger partial charge in [-0.25, -0.2) is 0 Å². The Bertz CT molecular complexity index is 1120. The Hall–Kier alpha value is -4.13. The fourth-order valence-electron chi connectivity index (χ4n) is 3.80. The Morgan fingerprint density at radius 1 is 1.16 bits per heavy atom. The molecule has 196 valence electrons. The first-order valence-electron chi connectivity index (χ1n) is 12.6. The summed E-state index contributed by atoms with van der Waals surface area (Å²) in [6.45, 7) is 14.5. The summed E-state index contributed by atoms with van der Waals surface area (Å²) in [5, 5.41) is 11.9. The smallest absolute Gasteiger partial charge is 0.246 e. The molecule has 1 saturated heterocycles. The van der Waals surface area contributed by atoms with Gasteiger partial charge in [0.1, 0.15) is 17.3 Å². The van der Waals surface area contributed by atoms with E-state index in [9.17, 15) is 4.79 Å². The van der Waals surface area contributed by atoms with Gasteiger partial charge < -0.3 is 20.7 Å². The summed E-state index contributed by atoms with van der Waals surface area (Å²) in [5.41, 5.74) is 8.07. The number of hydrogen-bond donors (Lipinski definition) is 3. The van der Waals surface area contributed by atoms with Crippen molar-refractivity contribution in [2.45, 2.75) is 46.1 Å². The molecular formula is C30H39N5O2. The second-order valence-electron chi connectivity index (χ2n) is 8.69. The minimum atomic E-state index is -0.121. The van der Waals surface area contributed by atoms with Gasteiger partial charge >= 0.3 is 0 Å². The molecule has 7 nitrogen and oxygen atoms in total. The van der Waals surface area contributed by atoms with Gasteiger partial charge in [0, 0.05) is 24.4 Å². The summed E-state index contributed by atoms with van der Waals surface area (Å²) in [6, 6.07) is 16.7. The van der Waals surface area contributed by atoms with Crippen molar-refractivity contribution in [2.24, 2.45) is 10.7 Å². The summed E-state index contributed by atoms with van der Waals surface area (Å²) in [4.78, 5) is 18.6. The number of rotatable bonds is 8. The highest BCUT2D eigenvalue weighted by atomic mass is 16.5. The number of ether oxygens (including phenoxy) is 1. The van der Waals surface area contributed by atoms with Crippen molar-refractivity contribution in [2.75, 3.05) is 13.1 Å². The summed E-state index contributed by atoms with van der Waals surface area (Å²) < 4.78 is 5.85. The maximum atomic E-state index is 12.1. The zero-order valence-electron chi connectivity index (χ0n) is 22.2. The SMILES string of the molecule is C=CNC(=NC1CCCN(C(=O)C=C)C1)/C(C(=N)c1ccc(Oc2ccccc2)cc1)=C(\C)N.CCC. The number of amides is 1. The molecule has 0 radical (unpaired) electrons. The van der Waals surface area contributed by atoms with Gasteiger partial charge in [-0.1, -0.05) is 51.6 Å². The molecule has 0 spiro atoms. The minimum absolute atomic E-state index is 0.102. The monoisotopic (exact) mass is 501 g/mol. The van der Waals surface area contributed by atoms with E-state index in [2.05, 4.69) is 32.3 Å². The van der Waals surface area contributed by atoms with Crippen LogP contribution in [0.4, 0.5) is 0 Å². The average Bonchev–Trinajstić information content (AvgIpc) is 2.90. The summed E-state index contributed by atoms with van der Waals surface area (Å²) in [6.07, 6.45) is 5.77. The van der Waals surface area contributed by atoms with Crippen LogP contribution in [0.3, 0.4) is 0 Å². The van der Waals surface area contributed by atoms with Crippen LogP contribution in [0.25, 0.3) is 0 Å². The lowest BCUT2D eigenvalue weighted by Crippen LogP contribution is -2.42. The van der Waals surface area contributed by atoms with Crippen molar-refractivity contribution >= 4 is 17.5 Å². The molecule has 0 aromatic heterocycles. The van der Waals surface area contributed by atoms with Gasteiger partial charge in [-0.3, -0.25) is 15.2 Å². The van der Waals surface area contributed by atoms with Crippen LogP contribution in [0, 0.1) is 5.41 Å². The average molecular weight is 502 g/mol. The lowest BCUT2D eigenvalue weighted by molar-refractivity contribution is -0.127. The largest absolute Gasteiger partial charge is 0.457 e. The molecule has 1 heterocycles. The highest BCUT2D eigenvalue weighted by molar-refractivity contribution is 6.29. The van der Waals surface area contributed by atoms with E-state index in [-0.39, 0.29) is 17.7 Å². The van der Waals surface area contributed by atoms with Crippen molar-refractivity contribution in [3.63, 3.8) is 0 Å². The number of benzene rings is 2. The quantitative estimate of drug-likeness (QED) is 0.241. The van der Waals surface area contributed by atoms with Crippen LogP contribution in [-0.2, 0) is 4.79 Å². The van der Waals surface area contributed by atoms with Gasteiger partial charge in [0.15, 0.2) is 0 Å². The van der Waals surface area contributed by atoms with Crippen LogP contribution < -0.4 is 15.8 Å². The van der Waals surface area contributed by atoms with Crippen LogP contribution in [0.1, 0.15) is 45.6 Å². The number of amidine groups is 1. The van der Waals surface area contributed by atoms with Crippen molar-refractivity contribution in [3.8, 4) is 11.5 Å². The van der Waals surface area contributed by atoms with Crippen molar-refractivity contribution in [1.82, 2.24) is 10.2 Å². The van der Waals surface area contributed by atoms with E-state index in [1.165, 1.54) is 18.7 Å². The first-order valence-corrected chi connectivity index (χ1v) is 12.6. The van der Waals surface area contributed by atoms with Crippen LogP contribution in [-0.4, -0.2) is 41.5 Å². The van der Waals surface area contributed by atoms with Gasteiger partial charge in [-0.05, 0) is 68.4 Å². The van der Waals surface area contributed by atoms with E-state index in [1.807, 2.05) is 54.6 Å². The molecule has 1 fully saturated rings. The third-order valence-corrected chi connectivity index (χ3v) is 5.44. The number of para-hydroxylation sites is 1. The second-order valence-corrected chi connectivity index (χ2v) is 8.69. The molecule has 1 atom stereocenters. The molecule has 0 bridgehead atoms. The zero-order chi connectivity index (χ0) is 27.2. The Labute approximate surface area is 220 Å². The van der Waals surface area contributed by atoms with Crippen molar-refractivity contribution in [3.05, 3.63) is 96.9 Å². The van der Waals surface area contributed by atoms with Crippen LogP contribution in [0.5, 0.6) is 11.5 Å². The number of allylic oxidation sites excluding steroid dienone is 1. The van der Waals surface area contributed by atoms with Crippen LogP contribution in [0.15, 0.2) is 96.3 Å². The number of hydrogen-bond acceptors (Lipinski definition) is 5. The van der Waals surface area contributed by atoms with E-state index >= 15 is 0 Å². The highest BCUT2D eigenvalue weighted by Crippen LogP contribution is 2.23. The van der Waals surface area contributed by atoms with Gasteiger partial charge in [-0.2, -0.15) is 0 Å². The van der Waals surface area contributed by atoms with Gasteiger partial charge in [0.05, 0.1) is 17.3 Å². The number of piperidine rings is 1. The molecule has 1 amide bonds. The molecule has 4 N–H and O–H groups in total. The standard InChI is InChI=1S/C27H31N5O2.C3H8/c1-4-24(33)32-17-9-10-21(18-32)31-27(30-5-2)25(19(3)28)26(29)20-13-15-23(16-14-20)34-22-11-7-6-8-12-22;1-3-2/h4-8,11-16,21,29H,1-2,9-10,17-18,28H2,3H3,(H,30,31);3H2,1-2H3/b25-19+,29-26?;. The Morgan fingerprint density at radius 3 is 2.35 bits per heavy atom. The number of nitrogens with zero attached hydrogens (tertiary/aromatic N) is 2. The number of likely N-dealkylation sites (tertiary alicyclic amines) is 1. The predicted molar refractivity (Wildman–Crippen MR) is 153 cm³/mol. The first kappa shape index (κ1) is 29.1. The fraction of sp³-hybridized carbons (Fsp3) is 0.300. The number of carbonyl (C=O) groups excluding carboxylic acids is 1. The molecule has 2 aromatic carbocycles. The normalized spacial score (nSPS) is 15.9. The van der Waals surface area contributed by atoms with Crippen LogP contribution in [0.2, 0.25) is 0 Å². The molecule has 0 aliphatic carbocycles. The molecular weight excluding hydrogens is 462 g/mol. The van der Waals surface area contributed by atoms with E-state index in [0.29, 0.717) is 41.5 Å². The molecule has 2 aromatic rings. The van der Waals surface area contributed by atoms with Gasteiger partial charge in [0.25, 0.3) is 0 Å². The van der Waals surface area contributed by atoms with E-state index in [0.717, 1.165) is 18.6 Å². The Morgan fingerprint density at radius 2 is 1.78 bits per heavy atom. The molecule has 3 rings (SSSR count). The third-order valence-electron chi connectivity index (χ3n) is 5.44. The minimum Gasteiger partial charge on any atom is -0.457 e. The lowest BCUT2D eigenvalue weighted by Gasteiger charge is -2.30. The zero-order valence-corrected chi connectivity index (χ0v) is 22.2. The van der Waals surface area contributed by atoms with E-state index in [1.54, 1.807) is 11.8 Å². The Kier molecular flexibility index (Phi) is 11.9. The summed E-state index contributed by atoms with van der Waals surface area (Å²) in [7, 11) is 0. The molecule has 7 heteroatoms. The number of nitrogens with two attached hydrogens (primary N) is 1. The topological polar surface area (TPSA) is 104 Å². The predicted octanol–water partition coefficient (Wildman–Crippen LogP) is 5.80. The number of carbonyl (C=O) groups is 1. The molecule has 37 heavy (non-hydrogen) atoms. The lowest BCUT2D eigenvalue weighted by atomic mass is 9.99. The molecule has 0 saturated carbocycles.